The molecule has 0 radical (unpaired) electrons. The zero-order chi connectivity index (χ0) is 23.0. The third kappa shape index (κ3) is 4.21. The van der Waals surface area contributed by atoms with Crippen molar-refractivity contribution in [2.24, 2.45) is 0 Å². The van der Waals surface area contributed by atoms with Crippen molar-refractivity contribution in [2.45, 2.75) is 34.1 Å². The lowest BCUT2D eigenvalue weighted by Crippen LogP contribution is -2.17. The third-order valence-electron chi connectivity index (χ3n) is 5.74. The fourth-order valence-corrected chi connectivity index (χ4v) is 3.92. The van der Waals surface area contributed by atoms with Crippen LogP contribution >= 0.6 is 11.6 Å². The number of aromatic nitrogens is 2. The molecule has 4 aromatic rings. The monoisotopic (exact) mass is 447 g/mol. The molecule has 0 atom stereocenters. The summed E-state index contributed by atoms with van der Waals surface area (Å²) >= 11 is 6.20. The molecule has 164 valence electrons. The van der Waals surface area contributed by atoms with Gasteiger partial charge in [0.2, 0.25) is 5.91 Å². The average Bonchev–Trinajstić information content (AvgIpc) is 3.09. The fourth-order valence-electron chi connectivity index (χ4n) is 3.76. The number of benzene rings is 2. The van der Waals surface area contributed by atoms with Gasteiger partial charge in [-0.05, 0) is 74.2 Å². The van der Waals surface area contributed by atoms with Crippen LogP contribution in [0, 0.1) is 27.7 Å². The number of hydrogen-bond acceptors (Lipinski definition) is 3. The van der Waals surface area contributed by atoms with Crippen LogP contribution in [0.3, 0.4) is 0 Å². The summed E-state index contributed by atoms with van der Waals surface area (Å²) in [6.45, 7) is 8.09. The van der Waals surface area contributed by atoms with Gasteiger partial charge in [-0.3, -0.25) is 4.79 Å². The molecule has 0 aliphatic carbocycles. The molecule has 2 aromatic carbocycles. The number of carbonyl (C=O) groups is 1. The van der Waals surface area contributed by atoms with Crippen molar-refractivity contribution in [1.29, 1.82) is 0 Å². The van der Waals surface area contributed by atoms with E-state index in [9.17, 15) is 4.79 Å². The smallest absolute Gasteiger partial charge is 0.230 e. The number of anilines is 1. The predicted octanol–water partition coefficient (Wildman–Crippen LogP) is 6.08. The van der Waals surface area contributed by atoms with Crippen LogP contribution in [0.2, 0.25) is 5.02 Å². The van der Waals surface area contributed by atoms with E-state index in [0.29, 0.717) is 16.5 Å². The summed E-state index contributed by atoms with van der Waals surface area (Å²) in [5.74, 6) is 0.370. The molecule has 1 N–H and O–H groups in total. The summed E-state index contributed by atoms with van der Waals surface area (Å²) in [7, 11) is 1.56. The van der Waals surface area contributed by atoms with Crippen molar-refractivity contribution in [2.75, 3.05) is 12.4 Å². The zero-order valence-electron chi connectivity index (χ0n) is 18.9. The summed E-state index contributed by atoms with van der Waals surface area (Å²) in [5.41, 5.74) is 8.45. The van der Waals surface area contributed by atoms with Gasteiger partial charge in [0, 0.05) is 22.8 Å². The number of imidazole rings is 1. The quantitative estimate of drug-likeness (QED) is 0.403. The minimum Gasteiger partial charge on any atom is -0.495 e. The van der Waals surface area contributed by atoms with Gasteiger partial charge in [0.25, 0.3) is 0 Å². The van der Waals surface area contributed by atoms with E-state index in [-0.39, 0.29) is 12.3 Å². The first-order chi connectivity index (χ1) is 15.3. The SMILES string of the molecule is COc1cc(Cl)c(C)cc1NC(=O)Cc1c(-c2ccc(C)c(C)c2)nc2cc(C)ccn12. The van der Waals surface area contributed by atoms with Crippen molar-refractivity contribution in [3.63, 3.8) is 0 Å². The normalized spacial score (nSPS) is 11.1. The maximum atomic E-state index is 13.1. The van der Waals surface area contributed by atoms with Crippen molar-refractivity contribution in [1.82, 2.24) is 9.38 Å². The lowest BCUT2D eigenvalue weighted by atomic mass is 10.0. The van der Waals surface area contributed by atoms with Gasteiger partial charge in [0.1, 0.15) is 11.4 Å². The first-order valence-corrected chi connectivity index (χ1v) is 10.8. The molecule has 0 aliphatic heterocycles. The number of methoxy groups -OCH3 is 1. The standard InChI is InChI=1S/C26H26ClN3O2/c1-15-8-9-30-22(14-25(31)28-21-12-18(4)20(27)13-23(21)32-5)26(29-24(30)10-15)19-7-6-16(2)17(3)11-19/h6-13H,14H2,1-5H3,(H,28,31). The van der Waals surface area contributed by atoms with Crippen LogP contribution in [0.5, 0.6) is 5.75 Å². The number of hydrogen-bond donors (Lipinski definition) is 1. The molecule has 2 aromatic heterocycles. The number of rotatable bonds is 5. The Morgan fingerprint density at radius 3 is 2.53 bits per heavy atom. The Labute approximate surface area is 193 Å². The van der Waals surface area contributed by atoms with Gasteiger partial charge >= 0.3 is 0 Å². The van der Waals surface area contributed by atoms with E-state index in [2.05, 4.69) is 37.4 Å². The largest absolute Gasteiger partial charge is 0.495 e. The zero-order valence-corrected chi connectivity index (χ0v) is 19.7. The second-order valence-corrected chi connectivity index (χ2v) is 8.57. The van der Waals surface area contributed by atoms with E-state index in [0.717, 1.165) is 33.7 Å². The van der Waals surface area contributed by atoms with E-state index in [4.69, 9.17) is 21.3 Å². The highest BCUT2D eigenvalue weighted by Crippen LogP contribution is 2.32. The maximum absolute atomic E-state index is 13.1. The first kappa shape index (κ1) is 21.9. The predicted molar refractivity (Wildman–Crippen MR) is 130 cm³/mol. The molecule has 0 spiro atoms. The number of carbonyl (C=O) groups excluding carboxylic acids is 1. The van der Waals surface area contributed by atoms with E-state index in [1.165, 1.54) is 11.1 Å². The van der Waals surface area contributed by atoms with Crippen molar-refractivity contribution in [3.05, 3.63) is 81.6 Å². The van der Waals surface area contributed by atoms with E-state index in [1.807, 2.05) is 42.6 Å². The number of pyridine rings is 1. The number of aryl methyl sites for hydroxylation is 4. The van der Waals surface area contributed by atoms with Crippen LogP contribution < -0.4 is 10.1 Å². The second kappa shape index (κ2) is 8.67. The molecular formula is C26H26ClN3O2. The summed E-state index contributed by atoms with van der Waals surface area (Å²) < 4.78 is 7.39. The van der Waals surface area contributed by atoms with E-state index >= 15 is 0 Å². The molecule has 1 amide bonds. The second-order valence-electron chi connectivity index (χ2n) is 8.17. The Bertz CT molecular complexity index is 1340. The van der Waals surface area contributed by atoms with E-state index in [1.54, 1.807) is 13.2 Å². The van der Waals surface area contributed by atoms with Gasteiger partial charge in [-0.2, -0.15) is 0 Å². The molecular weight excluding hydrogens is 422 g/mol. The summed E-state index contributed by atoms with van der Waals surface area (Å²) in [6, 6.07) is 13.8. The molecule has 0 saturated heterocycles. The minimum absolute atomic E-state index is 0.155. The van der Waals surface area contributed by atoms with Crippen molar-refractivity contribution < 1.29 is 9.53 Å². The van der Waals surface area contributed by atoms with Gasteiger partial charge in [0.05, 0.1) is 30.6 Å². The summed E-state index contributed by atoms with van der Waals surface area (Å²) in [5, 5.41) is 3.57. The number of nitrogens with zero attached hydrogens (tertiary/aromatic N) is 2. The van der Waals surface area contributed by atoms with Gasteiger partial charge in [0.15, 0.2) is 0 Å². The highest BCUT2D eigenvalue weighted by molar-refractivity contribution is 6.31. The van der Waals surface area contributed by atoms with Crippen LogP contribution in [0.15, 0.2) is 48.7 Å². The lowest BCUT2D eigenvalue weighted by Gasteiger charge is -2.13. The van der Waals surface area contributed by atoms with Gasteiger partial charge < -0.3 is 14.5 Å². The molecule has 32 heavy (non-hydrogen) atoms. The first-order valence-electron chi connectivity index (χ1n) is 10.5. The van der Waals surface area contributed by atoms with E-state index < -0.39 is 0 Å². The summed E-state index contributed by atoms with van der Waals surface area (Å²) in [6.07, 6.45) is 2.13. The molecule has 2 heterocycles. The van der Waals surface area contributed by atoms with Crippen molar-refractivity contribution >= 4 is 28.8 Å². The molecule has 6 heteroatoms. The van der Waals surface area contributed by atoms with Gasteiger partial charge in [-0.1, -0.05) is 23.7 Å². The fraction of sp³-hybridized carbons (Fsp3) is 0.231. The minimum atomic E-state index is -0.155. The van der Waals surface area contributed by atoms with Gasteiger partial charge in [-0.15, -0.1) is 0 Å². The highest BCUT2D eigenvalue weighted by Gasteiger charge is 2.19. The molecule has 0 unspecified atom stereocenters. The Kier molecular flexibility index (Phi) is 5.94. The molecule has 4 rings (SSSR count). The number of amides is 1. The Balaban J connectivity index is 1.74. The van der Waals surface area contributed by atoms with Crippen LogP contribution in [0.4, 0.5) is 5.69 Å². The molecule has 5 nitrogen and oxygen atoms in total. The highest BCUT2D eigenvalue weighted by atomic mass is 35.5. The Hall–Kier alpha value is -3.31. The number of ether oxygens (including phenoxy) is 1. The topological polar surface area (TPSA) is 55.6 Å². The van der Waals surface area contributed by atoms with Crippen LogP contribution in [0.1, 0.15) is 27.9 Å². The van der Waals surface area contributed by atoms with Gasteiger partial charge in [-0.25, -0.2) is 4.98 Å². The maximum Gasteiger partial charge on any atom is 0.230 e. The summed E-state index contributed by atoms with van der Waals surface area (Å²) in [4.78, 5) is 18.0. The molecule has 0 aliphatic rings. The lowest BCUT2D eigenvalue weighted by molar-refractivity contribution is -0.115. The van der Waals surface area contributed by atoms with Crippen molar-refractivity contribution in [3.8, 4) is 17.0 Å². The number of fused-ring (bicyclic) bond motifs is 1. The Morgan fingerprint density at radius 1 is 1.03 bits per heavy atom. The molecule has 0 saturated carbocycles. The molecule has 0 fully saturated rings. The van der Waals surface area contributed by atoms with Crippen LogP contribution in [-0.4, -0.2) is 22.4 Å². The third-order valence-corrected chi connectivity index (χ3v) is 6.15. The number of halogens is 1. The average molecular weight is 448 g/mol. The number of nitrogens with one attached hydrogen (secondary N) is 1. The van der Waals surface area contributed by atoms with Crippen LogP contribution in [-0.2, 0) is 11.2 Å². The molecule has 0 bridgehead atoms. The van der Waals surface area contributed by atoms with Crippen LogP contribution in [0.25, 0.3) is 16.9 Å². The Morgan fingerprint density at radius 2 is 1.81 bits per heavy atom.